The second-order valence-corrected chi connectivity index (χ2v) is 6.73. The molecule has 0 saturated heterocycles. The van der Waals surface area contributed by atoms with Gasteiger partial charge in [-0.1, -0.05) is 25.5 Å². The zero-order chi connectivity index (χ0) is 17.7. The zero-order valence-electron chi connectivity index (χ0n) is 14.3. The van der Waals surface area contributed by atoms with Crippen LogP contribution in [0.5, 0.6) is 5.75 Å². The molecule has 5 heteroatoms. The van der Waals surface area contributed by atoms with E-state index in [1.807, 2.05) is 6.92 Å². The third-order valence-corrected chi connectivity index (χ3v) is 4.06. The quantitative estimate of drug-likeness (QED) is 0.565. The molecule has 0 saturated carbocycles. The van der Waals surface area contributed by atoms with Crippen LogP contribution in [-0.4, -0.2) is 28.8 Å². The molecule has 0 aliphatic heterocycles. The number of carboxylic acids is 1. The minimum atomic E-state index is -1.25. The molecule has 2 N–H and O–H groups in total. The highest BCUT2D eigenvalue weighted by molar-refractivity contribution is 5.83. The van der Waals surface area contributed by atoms with E-state index in [4.69, 9.17) is 4.74 Å². The Bertz CT molecular complexity index is 547. The molecule has 128 valence electrons. The normalized spacial score (nSPS) is 14.1. The zero-order valence-corrected chi connectivity index (χ0v) is 14.3. The lowest BCUT2D eigenvalue weighted by molar-refractivity contribution is -0.157. The van der Waals surface area contributed by atoms with Gasteiger partial charge in [0.15, 0.2) is 0 Å². The van der Waals surface area contributed by atoms with Crippen molar-refractivity contribution >= 4 is 11.9 Å². The predicted octanol–water partition coefficient (Wildman–Crippen LogP) is 3.49. The first kappa shape index (κ1) is 19.0. The van der Waals surface area contributed by atoms with E-state index in [1.165, 1.54) is 12.1 Å². The molecule has 0 amide bonds. The number of phenolic OH excluding ortho intramolecular Hbond substituents is 1. The van der Waals surface area contributed by atoms with Gasteiger partial charge in [0.1, 0.15) is 5.75 Å². The topological polar surface area (TPSA) is 83.8 Å². The Kier molecular flexibility index (Phi) is 6.19. The number of hydrogen-bond acceptors (Lipinski definition) is 4. The van der Waals surface area contributed by atoms with E-state index in [0.29, 0.717) is 12.2 Å². The SMILES string of the molecule is CCCCOC(=O)C(C)(C)CC(C)(C(=O)O)c1ccc(O)cc1. The summed E-state index contributed by atoms with van der Waals surface area (Å²) < 4.78 is 5.26. The van der Waals surface area contributed by atoms with Crippen LogP contribution < -0.4 is 0 Å². The van der Waals surface area contributed by atoms with Crippen molar-refractivity contribution in [2.24, 2.45) is 5.41 Å². The largest absolute Gasteiger partial charge is 0.508 e. The number of carboxylic acid groups (broad SMARTS) is 1. The lowest BCUT2D eigenvalue weighted by Crippen LogP contribution is -2.41. The fourth-order valence-electron chi connectivity index (χ4n) is 2.59. The molecular formula is C18H26O5. The predicted molar refractivity (Wildman–Crippen MR) is 87.4 cm³/mol. The van der Waals surface area contributed by atoms with Gasteiger partial charge in [-0.25, -0.2) is 0 Å². The smallest absolute Gasteiger partial charge is 0.313 e. The summed E-state index contributed by atoms with van der Waals surface area (Å²) >= 11 is 0. The van der Waals surface area contributed by atoms with Crippen LogP contribution in [-0.2, 0) is 19.7 Å². The van der Waals surface area contributed by atoms with E-state index in [-0.39, 0.29) is 12.2 Å². The van der Waals surface area contributed by atoms with Crippen molar-refractivity contribution in [2.45, 2.75) is 52.4 Å². The molecule has 1 rings (SSSR count). The third kappa shape index (κ3) is 4.71. The van der Waals surface area contributed by atoms with Crippen LogP contribution in [0.1, 0.15) is 52.5 Å². The van der Waals surface area contributed by atoms with E-state index in [0.717, 1.165) is 12.8 Å². The maximum atomic E-state index is 12.3. The van der Waals surface area contributed by atoms with Crippen LogP contribution in [0.3, 0.4) is 0 Å². The van der Waals surface area contributed by atoms with Crippen LogP contribution in [0.25, 0.3) is 0 Å². The fourth-order valence-corrected chi connectivity index (χ4v) is 2.59. The molecule has 1 atom stereocenters. The average molecular weight is 322 g/mol. The van der Waals surface area contributed by atoms with Gasteiger partial charge in [-0.15, -0.1) is 0 Å². The summed E-state index contributed by atoms with van der Waals surface area (Å²) in [5.41, 5.74) is -1.64. The van der Waals surface area contributed by atoms with Gasteiger partial charge < -0.3 is 14.9 Å². The van der Waals surface area contributed by atoms with Crippen LogP contribution >= 0.6 is 0 Å². The highest BCUT2D eigenvalue weighted by Gasteiger charge is 2.44. The number of unbranched alkanes of at least 4 members (excludes halogenated alkanes) is 1. The third-order valence-electron chi connectivity index (χ3n) is 4.06. The van der Waals surface area contributed by atoms with Gasteiger partial charge in [0.05, 0.1) is 17.4 Å². The number of aliphatic carboxylic acids is 1. The summed E-state index contributed by atoms with van der Waals surface area (Å²) in [6.07, 6.45) is 1.81. The summed E-state index contributed by atoms with van der Waals surface area (Å²) in [5.74, 6) is -1.34. The number of hydrogen-bond donors (Lipinski definition) is 2. The van der Waals surface area contributed by atoms with Gasteiger partial charge in [-0.05, 0) is 51.3 Å². The molecule has 1 aromatic rings. The number of phenols is 1. The molecule has 0 bridgehead atoms. The summed E-state index contributed by atoms with van der Waals surface area (Å²) in [4.78, 5) is 24.1. The van der Waals surface area contributed by atoms with E-state index >= 15 is 0 Å². The van der Waals surface area contributed by atoms with Crippen molar-refractivity contribution in [3.05, 3.63) is 29.8 Å². The second-order valence-electron chi connectivity index (χ2n) is 6.73. The van der Waals surface area contributed by atoms with Crippen LogP contribution in [0, 0.1) is 5.41 Å². The maximum absolute atomic E-state index is 12.3. The number of carbonyl (C=O) groups excluding carboxylic acids is 1. The number of aromatic hydroxyl groups is 1. The van der Waals surface area contributed by atoms with Gasteiger partial charge in [0, 0.05) is 0 Å². The van der Waals surface area contributed by atoms with Crippen molar-refractivity contribution in [3.63, 3.8) is 0 Å². The lowest BCUT2D eigenvalue weighted by Gasteiger charge is -2.33. The van der Waals surface area contributed by atoms with E-state index in [2.05, 4.69) is 0 Å². The average Bonchev–Trinajstić information content (AvgIpc) is 2.47. The monoisotopic (exact) mass is 322 g/mol. The highest BCUT2D eigenvalue weighted by Crippen LogP contribution is 2.38. The van der Waals surface area contributed by atoms with E-state index in [1.54, 1.807) is 32.9 Å². The molecule has 0 aliphatic rings. The molecule has 0 radical (unpaired) electrons. The minimum absolute atomic E-state index is 0.0692. The number of benzene rings is 1. The molecule has 0 fully saturated rings. The molecule has 1 unspecified atom stereocenters. The first-order valence-corrected chi connectivity index (χ1v) is 7.83. The highest BCUT2D eigenvalue weighted by atomic mass is 16.5. The van der Waals surface area contributed by atoms with Crippen molar-refractivity contribution < 1.29 is 24.5 Å². The summed E-state index contributed by atoms with van der Waals surface area (Å²) in [5, 5.41) is 19.1. The number of ether oxygens (including phenoxy) is 1. The standard InChI is InChI=1S/C18H26O5/c1-5-6-11-23-16(22)17(2,3)12-18(4,15(20)21)13-7-9-14(19)10-8-13/h7-10,19H,5-6,11-12H2,1-4H3,(H,20,21). The number of esters is 1. The van der Waals surface area contributed by atoms with Gasteiger partial charge in [-0.2, -0.15) is 0 Å². The molecule has 0 spiro atoms. The van der Waals surface area contributed by atoms with Gasteiger partial charge >= 0.3 is 11.9 Å². The molecule has 0 heterocycles. The number of carbonyl (C=O) groups is 2. The second kappa shape index (κ2) is 7.49. The van der Waals surface area contributed by atoms with Crippen LogP contribution in [0.15, 0.2) is 24.3 Å². The Hall–Kier alpha value is -2.04. The van der Waals surface area contributed by atoms with Gasteiger partial charge in [0.2, 0.25) is 0 Å². The minimum Gasteiger partial charge on any atom is -0.508 e. The first-order chi connectivity index (χ1) is 10.6. The maximum Gasteiger partial charge on any atom is 0.313 e. The Morgan fingerprint density at radius 3 is 2.17 bits per heavy atom. The molecular weight excluding hydrogens is 296 g/mol. The van der Waals surface area contributed by atoms with Crippen molar-refractivity contribution in [1.29, 1.82) is 0 Å². The summed E-state index contributed by atoms with van der Waals surface area (Å²) in [6, 6.07) is 6.04. The van der Waals surface area contributed by atoms with Crippen LogP contribution in [0.2, 0.25) is 0 Å². The van der Waals surface area contributed by atoms with Crippen molar-refractivity contribution in [3.8, 4) is 5.75 Å². The van der Waals surface area contributed by atoms with Crippen molar-refractivity contribution in [2.75, 3.05) is 6.61 Å². The van der Waals surface area contributed by atoms with E-state index in [9.17, 15) is 19.8 Å². The Morgan fingerprint density at radius 2 is 1.70 bits per heavy atom. The van der Waals surface area contributed by atoms with Gasteiger partial charge in [-0.3, -0.25) is 9.59 Å². The van der Waals surface area contributed by atoms with E-state index < -0.39 is 22.8 Å². The molecule has 0 aromatic heterocycles. The number of rotatable bonds is 8. The Morgan fingerprint density at radius 1 is 1.13 bits per heavy atom. The molecule has 1 aromatic carbocycles. The molecule has 23 heavy (non-hydrogen) atoms. The fraction of sp³-hybridized carbons (Fsp3) is 0.556. The Balaban J connectivity index is 3.00. The van der Waals surface area contributed by atoms with Crippen molar-refractivity contribution in [1.82, 2.24) is 0 Å². The summed E-state index contributed by atoms with van der Waals surface area (Å²) in [7, 11) is 0. The van der Waals surface area contributed by atoms with Gasteiger partial charge in [0.25, 0.3) is 0 Å². The lowest BCUT2D eigenvalue weighted by atomic mass is 9.70. The summed E-state index contributed by atoms with van der Waals surface area (Å²) in [6.45, 7) is 7.33. The Labute approximate surface area is 137 Å². The molecule has 0 aliphatic carbocycles. The molecule has 5 nitrogen and oxygen atoms in total. The van der Waals surface area contributed by atoms with Crippen LogP contribution in [0.4, 0.5) is 0 Å². The first-order valence-electron chi connectivity index (χ1n) is 7.83.